The molecule has 0 saturated heterocycles. The number of oxazole rings is 1. The topological polar surface area (TPSA) is 67.2 Å². The zero-order valence-corrected chi connectivity index (χ0v) is 6.83. The van der Waals surface area contributed by atoms with Crippen LogP contribution in [0.1, 0.15) is 13.3 Å². The Hall–Kier alpha value is -1.52. The smallest absolute Gasteiger partial charge is 0.322 e. The zero-order valence-electron chi connectivity index (χ0n) is 6.83. The van der Waals surface area contributed by atoms with Crippen molar-refractivity contribution in [1.82, 2.24) is 10.3 Å². The van der Waals surface area contributed by atoms with Crippen molar-refractivity contribution in [3.8, 4) is 0 Å². The fourth-order valence-electron chi connectivity index (χ4n) is 0.665. The molecular formula is C7H11N3O2. The summed E-state index contributed by atoms with van der Waals surface area (Å²) in [4.78, 5) is 14.7. The predicted octanol–water partition coefficient (Wildman–Crippen LogP) is 1.21. The van der Waals surface area contributed by atoms with Gasteiger partial charge in [-0.3, -0.25) is 5.32 Å². The number of nitrogens with one attached hydrogen (secondary N) is 2. The minimum atomic E-state index is -0.292. The van der Waals surface area contributed by atoms with Crippen LogP contribution in [0.3, 0.4) is 0 Å². The van der Waals surface area contributed by atoms with E-state index in [9.17, 15) is 4.79 Å². The molecule has 0 saturated carbocycles. The van der Waals surface area contributed by atoms with Gasteiger partial charge in [0.15, 0.2) is 0 Å². The highest BCUT2D eigenvalue weighted by atomic mass is 16.4. The summed E-state index contributed by atoms with van der Waals surface area (Å²) in [5.41, 5.74) is 0. The number of carbonyl (C=O) groups is 1. The molecule has 0 aliphatic heterocycles. The summed E-state index contributed by atoms with van der Waals surface area (Å²) in [6.07, 6.45) is 3.77. The molecule has 12 heavy (non-hydrogen) atoms. The van der Waals surface area contributed by atoms with E-state index < -0.39 is 0 Å². The average Bonchev–Trinajstić information content (AvgIpc) is 2.53. The summed E-state index contributed by atoms with van der Waals surface area (Å²) >= 11 is 0. The second-order valence-electron chi connectivity index (χ2n) is 2.22. The second kappa shape index (κ2) is 4.38. The summed E-state index contributed by atoms with van der Waals surface area (Å²) in [6, 6.07) is -0.0806. The van der Waals surface area contributed by atoms with Crippen LogP contribution in [0.5, 0.6) is 0 Å². The Morgan fingerprint density at radius 2 is 2.58 bits per heavy atom. The second-order valence-corrected chi connectivity index (χ2v) is 2.22. The Morgan fingerprint density at radius 1 is 1.75 bits per heavy atom. The summed E-state index contributed by atoms with van der Waals surface area (Å²) < 4.78 is 4.80. The van der Waals surface area contributed by atoms with Gasteiger partial charge in [-0.05, 0) is 6.42 Å². The Balaban J connectivity index is 2.27. The number of amides is 2. The molecule has 0 radical (unpaired) electrons. The molecule has 5 heteroatoms. The maximum atomic E-state index is 10.9. The molecule has 0 fully saturated rings. The Labute approximate surface area is 70.2 Å². The number of hydrogen-bond acceptors (Lipinski definition) is 3. The maximum absolute atomic E-state index is 10.9. The first-order chi connectivity index (χ1) is 5.83. The van der Waals surface area contributed by atoms with E-state index in [0.717, 1.165) is 6.42 Å². The van der Waals surface area contributed by atoms with Gasteiger partial charge in [0.25, 0.3) is 0 Å². The van der Waals surface area contributed by atoms with E-state index in [0.29, 0.717) is 6.54 Å². The molecule has 2 N–H and O–H groups in total. The molecule has 1 rings (SSSR count). The lowest BCUT2D eigenvalue weighted by Crippen LogP contribution is -2.29. The fourth-order valence-corrected chi connectivity index (χ4v) is 0.665. The van der Waals surface area contributed by atoms with Gasteiger partial charge < -0.3 is 9.73 Å². The lowest BCUT2D eigenvalue weighted by Gasteiger charge is -2.01. The first-order valence-corrected chi connectivity index (χ1v) is 3.77. The van der Waals surface area contributed by atoms with Gasteiger partial charge in [-0.2, -0.15) is 0 Å². The van der Waals surface area contributed by atoms with Crippen LogP contribution in [0, 0.1) is 0 Å². The van der Waals surface area contributed by atoms with E-state index in [1.54, 1.807) is 0 Å². The fraction of sp³-hybridized carbons (Fsp3) is 0.429. The quantitative estimate of drug-likeness (QED) is 0.714. The molecule has 1 aromatic rings. The molecule has 0 atom stereocenters. The molecule has 0 unspecified atom stereocenters. The van der Waals surface area contributed by atoms with Gasteiger partial charge in [-0.25, -0.2) is 9.78 Å². The van der Waals surface area contributed by atoms with Gasteiger partial charge in [0.1, 0.15) is 6.26 Å². The normalized spacial score (nSPS) is 9.42. The molecule has 0 aromatic carbocycles. The lowest BCUT2D eigenvalue weighted by molar-refractivity contribution is 0.251. The molecule has 0 spiro atoms. The van der Waals surface area contributed by atoms with Crippen LogP contribution < -0.4 is 10.6 Å². The molecule has 0 aliphatic carbocycles. The van der Waals surface area contributed by atoms with Gasteiger partial charge in [0.05, 0.1) is 6.20 Å². The summed E-state index contributed by atoms with van der Waals surface area (Å²) in [5, 5.41) is 5.05. The monoisotopic (exact) mass is 169 g/mol. The summed E-state index contributed by atoms with van der Waals surface area (Å²) in [5.74, 6) is 0. The minimum absolute atomic E-state index is 0.212. The highest BCUT2D eigenvalue weighted by molar-refractivity contribution is 5.86. The third-order valence-corrected chi connectivity index (χ3v) is 1.19. The van der Waals surface area contributed by atoms with E-state index in [-0.39, 0.29) is 12.0 Å². The van der Waals surface area contributed by atoms with Crippen molar-refractivity contribution in [3.05, 3.63) is 12.5 Å². The number of rotatable bonds is 3. The van der Waals surface area contributed by atoms with Gasteiger partial charge in [-0.1, -0.05) is 6.92 Å². The van der Waals surface area contributed by atoms with E-state index in [1.807, 2.05) is 6.92 Å². The van der Waals surface area contributed by atoms with E-state index in [1.165, 1.54) is 12.5 Å². The third-order valence-electron chi connectivity index (χ3n) is 1.19. The molecule has 5 nitrogen and oxygen atoms in total. The predicted molar refractivity (Wildman–Crippen MR) is 43.8 cm³/mol. The van der Waals surface area contributed by atoms with Gasteiger partial charge >= 0.3 is 12.0 Å². The van der Waals surface area contributed by atoms with Crippen molar-refractivity contribution in [2.45, 2.75) is 13.3 Å². The Morgan fingerprint density at radius 3 is 3.17 bits per heavy atom. The zero-order chi connectivity index (χ0) is 8.81. The molecule has 2 amide bonds. The molecule has 1 heterocycles. The van der Waals surface area contributed by atoms with Crippen LogP contribution in [-0.4, -0.2) is 17.6 Å². The number of aromatic nitrogens is 1. The highest BCUT2D eigenvalue weighted by Gasteiger charge is 2.01. The molecule has 66 valence electrons. The van der Waals surface area contributed by atoms with Crippen LogP contribution in [0.4, 0.5) is 10.8 Å². The standard InChI is InChI=1S/C7H11N3O2/c1-2-3-8-6(11)10-7-9-4-5-12-7/h4-5H,2-3H2,1H3,(H2,8,9,10,11). The number of anilines is 1. The third kappa shape index (κ3) is 2.61. The van der Waals surface area contributed by atoms with Crippen LogP contribution in [-0.2, 0) is 0 Å². The maximum Gasteiger partial charge on any atom is 0.322 e. The van der Waals surface area contributed by atoms with Crippen molar-refractivity contribution in [1.29, 1.82) is 0 Å². The van der Waals surface area contributed by atoms with Gasteiger partial charge in [0, 0.05) is 6.54 Å². The van der Waals surface area contributed by atoms with Gasteiger partial charge in [0.2, 0.25) is 0 Å². The van der Waals surface area contributed by atoms with Crippen LogP contribution in [0.2, 0.25) is 0 Å². The SMILES string of the molecule is CCCNC(=O)Nc1ncco1. The van der Waals surface area contributed by atoms with Crippen molar-refractivity contribution in [2.24, 2.45) is 0 Å². The van der Waals surface area contributed by atoms with Crippen molar-refractivity contribution in [3.63, 3.8) is 0 Å². The number of carbonyl (C=O) groups excluding carboxylic acids is 1. The van der Waals surface area contributed by atoms with Gasteiger partial charge in [-0.15, -0.1) is 0 Å². The Kier molecular flexibility index (Phi) is 3.13. The Bertz CT molecular complexity index is 233. The van der Waals surface area contributed by atoms with Crippen molar-refractivity contribution >= 4 is 12.0 Å². The number of nitrogens with zero attached hydrogens (tertiary/aromatic N) is 1. The molecule has 0 bridgehead atoms. The van der Waals surface area contributed by atoms with Crippen molar-refractivity contribution in [2.75, 3.05) is 11.9 Å². The van der Waals surface area contributed by atoms with E-state index >= 15 is 0 Å². The van der Waals surface area contributed by atoms with Crippen LogP contribution in [0.25, 0.3) is 0 Å². The van der Waals surface area contributed by atoms with Crippen molar-refractivity contribution < 1.29 is 9.21 Å². The largest absolute Gasteiger partial charge is 0.432 e. The first kappa shape index (κ1) is 8.58. The molecule has 0 aliphatic rings. The lowest BCUT2D eigenvalue weighted by atomic mass is 10.5. The minimum Gasteiger partial charge on any atom is -0.432 e. The molecular weight excluding hydrogens is 158 g/mol. The number of hydrogen-bond donors (Lipinski definition) is 2. The summed E-state index contributed by atoms with van der Waals surface area (Å²) in [6.45, 7) is 2.62. The van der Waals surface area contributed by atoms with E-state index in [4.69, 9.17) is 4.42 Å². The average molecular weight is 169 g/mol. The summed E-state index contributed by atoms with van der Waals surface area (Å²) in [7, 11) is 0. The van der Waals surface area contributed by atoms with Crippen LogP contribution >= 0.6 is 0 Å². The highest BCUT2D eigenvalue weighted by Crippen LogP contribution is 1.99. The van der Waals surface area contributed by atoms with E-state index in [2.05, 4.69) is 15.6 Å². The number of urea groups is 1. The van der Waals surface area contributed by atoms with Crippen LogP contribution in [0.15, 0.2) is 16.9 Å². The first-order valence-electron chi connectivity index (χ1n) is 3.77. The molecule has 1 aromatic heterocycles.